The summed E-state index contributed by atoms with van der Waals surface area (Å²) in [5.74, 6) is -1.29. The quantitative estimate of drug-likeness (QED) is 0.606. The second-order valence-electron chi connectivity index (χ2n) is 7.27. The first-order valence-electron chi connectivity index (χ1n) is 8.18. The molecule has 4 atom stereocenters. The Morgan fingerprint density at radius 1 is 1.35 bits per heavy atom. The molecular weight excluding hydrogens is 300 g/mol. The smallest absolute Gasteiger partial charge is 0.338 e. The fourth-order valence-corrected chi connectivity index (χ4v) is 4.64. The number of hydrogen-bond acceptors (Lipinski definition) is 5. The number of carboxylic acids is 1. The van der Waals surface area contributed by atoms with E-state index in [0.29, 0.717) is 19.4 Å². The summed E-state index contributed by atoms with van der Waals surface area (Å²) in [5, 5.41) is 20.0. The summed E-state index contributed by atoms with van der Waals surface area (Å²) < 4.78 is 10.8. The molecule has 2 aliphatic carbocycles. The number of rotatable bonds is 3. The van der Waals surface area contributed by atoms with Crippen LogP contribution in [0.2, 0.25) is 0 Å². The van der Waals surface area contributed by atoms with Gasteiger partial charge in [-0.2, -0.15) is 0 Å². The summed E-state index contributed by atoms with van der Waals surface area (Å²) in [6.07, 6.45) is 2.66. The Morgan fingerprint density at radius 3 is 2.74 bits per heavy atom. The van der Waals surface area contributed by atoms with Gasteiger partial charge in [0.2, 0.25) is 0 Å². The maximum Gasteiger partial charge on any atom is 0.338 e. The average molecular weight is 324 g/mol. The van der Waals surface area contributed by atoms with Crippen molar-refractivity contribution < 1.29 is 29.3 Å². The summed E-state index contributed by atoms with van der Waals surface area (Å²) in [7, 11) is 0. The van der Waals surface area contributed by atoms with Crippen molar-refractivity contribution in [3.05, 3.63) is 11.1 Å². The number of ether oxygens (including phenoxy) is 2. The number of carbonyl (C=O) groups is 2. The molecule has 3 fully saturated rings. The zero-order chi connectivity index (χ0) is 16.8. The molecule has 1 heterocycles. The number of aliphatic carboxylic acids is 1. The molecule has 1 spiro atoms. The van der Waals surface area contributed by atoms with Crippen LogP contribution in [0.5, 0.6) is 0 Å². The lowest BCUT2D eigenvalue weighted by Gasteiger charge is -2.31. The van der Waals surface area contributed by atoms with Gasteiger partial charge >= 0.3 is 11.9 Å². The molecule has 0 radical (unpaired) electrons. The van der Waals surface area contributed by atoms with Crippen LogP contribution in [-0.4, -0.2) is 47.1 Å². The molecule has 128 valence electrons. The van der Waals surface area contributed by atoms with Gasteiger partial charge in [-0.25, -0.2) is 4.79 Å². The zero-order valence-electron chi connectivity index (χ0n) is 13.6. The Hall–Kier alpha value is -1.40. The van der Waals surface area contributed by atoms with Crippen LogP contribution >= 0.6 is 0 Å². The normalized spacial score (nSPS) is 41.2. The Balaban J connectivity index is 1.88. The number of hydrogen-bond donors (Lipinski definition) is 2. The van der Waals surface area contributed by atoms with Crippen molar-refractivity contribution in [2.45, 2.75) is 57.7 Å². The number of carbonyl (C=O) groups excluding carboxylic acids is 1. The fourth-order valence-electron chi connectivity index (χ4n) is 4.64. The van der Waals surface area contributed by atoms with E-state index in [0.717, 1.165) is 18.4 Å². The number of carboxylic acid groups (broad SMARTS) is 1. The summed E-state index contributed by atoms with van der Waals surface area (Å²) >= 11 is 0. The molecule has 23 heavy (non-hydrogen) atoms. The molecule has 1 saturated heterocycles. The van der Waals surface area contributed by atoms with E-state index in [1.54, 1.807) is 0 Å². The van der Waals surface area contributed by atoms with Crippen LogP contribution in [-0.2, 0) is 19.1 Å². The summed E-state index contributed by atoms with van der Waals surface area (Å²) in [6.45, 7) is 4.15. The third-order valence-electron chi connectivity index (χ3n) is 5.97. The number of fused-ring (bicyclic) bond motifs is 1. The topological polar surface area (TPSA) is 93.1 Å². The third-order valence-corrected chi connectivity index (χ3v) is 5.97. The lowest BCUT2D eigenvalue weighted by atomic mass is 9.74. The molecule has 3 rings (SSSR count). The van der Waals surface area contributed by atoms with Gasteiger partial charge in [-0.05, 0) is 50.5 Å². The summed E-state index contributed by atoms with van der Waals surface area (Å²) in [4.78, 5) is 22.6. The lowest BCUT2D eigenvalue weighted by Crippen LogP contribution is -2.49. The van der Waals surface area contributed by atoms with E-state index in [1.807, 2.05) is 6.92 Å². The minimum atomic E-state index is -1.79. The van der Waals surface area contributed by atoms with Crippen LogP contribution in [0.4, 0.5) is 0 Å². The SMILES string of the molecule is CC(=O)OCC(C)=C1CCC23COC(C2)C(O)(C(=O)O)CCC13. The van der Waals surface area contributed by atoms with Crippen LogP contribution in [0.1, 0.15) is 46.0 Å². The van der Waals surface area contributed by atoms with Crippen molar-refractivity contribution in [3.8, 4) is 0 Å². The van der Waals surface area contributed by atoms with E-state index in [4.69, 9.17) is 9.47 Å². The van der Waals surface area contributed by atoms with Crippen molar-refractivity contribution in [1.82, 2.24) is 0 Å². The summed E-state index contributed by atoms with van der Waals surface area (Å²) in [5.41, 5.74) is 0.441. The fraction of sp³-hybridized carbons (Fsp3) is 0.765. The molecule has 2 saturated carbocycles. The van der Waals surface area contributed by atoms with Gasteiger partial charge in [-0.1, -0.05) is 5.57 Å². The highest BCUT2D eigenvalue weighted by atomic mass is 16.5. The largest absolute Gasteiger partial charge is 0.479 e. The molecule has 0 aromatic heterocycles. The Labute approximate surface area is 135 Å². The highest BCUT2D eigenvalue weighted by Gasteiger charge is 2.60. The van der Waals surface area contributed by atoms with E-state index >= 15 is 0 Å². The predicted octanol–water partition coefficient (Wildman–Crippen LogP) is 1.66. The van der Waals surface area contributed by atoms with Crippen LogP contribution < -0.4 is 0 Å². The van der Waals surface area contributed by atoms with Gasteiger partial charge in [-0.3, -0.25) is 4.79 Å². The van der Waals surface area contributed by atoms with E-state index in [1.165, 1.54) is 12.5 Å². The zero-order valence-corrected chi connectivity index (χ0v) is 13.6. The minimum Gasteiger partial charge on any atom is -0.479 e. The number of aliphatic hydroxyl groups is 1. The number of allylic oxidation sites excluding steroid dienone is 1. The van der Waals surface area contributed by atoms with Gasteiger partial charge in [0.05, 0.1) is 12.7 Å². The van der Waals surface area contributed by atoms with Gasteiger partial charge in [0.25, 0.3) is 0 Å². The van der Waals surface area contributed by atoms with E-state index in [2.05, 4.69) is 0 Å². The van der Waals surface area contributed by atoms with Crippen molar-refractivity contribution in [1.29, 1.82) is 0 Å². The average Bonchev–Trinajstić information content (AvgIpc) is 3.04. The van der Waals surface area contributed by atoms with Crippen molar-refractivity contribution in [3.63, 3.8) is 0 Å². The first-order valence-corrected chi connectivity index (χ1v) is 8.18. The van der Waals surface area contributed by atoms with Crippen molar-refractivity contribution in [2.75, 3.05) is 13.2 Å². The van der Waals surface area contributed by atoms with Gasteiger partial charge in [-0.15, -0.1) is 0 Å². The third kappa shape index (κ3) is 2.58. The van der Waals surface area contributed by atoms with Crippen LogP contribution in [0.25, 0.3) is 0 Å². The van der Waals surface area contributed by atoms with Crippen molar-refractivity contribution >= 4 is 11.9 Å². The van der Waals surface area contributed by atoms with Gasteiger partial charge < -0.3 is 19.7 Å². The Bertz CT molecular complexity index is 567. The van der Waals surface area contributed by atoms with E-state index in [9.17, 15) is 19.8 Å². The molecule has 0 aromatic carbocycles. The monoisotopic (exact) mass is 324 g/mol. The highest BCUT2D eigenvalue weighted by molar-refractivity contribution is 5.78. The van der Waals surface area contributed by atoms with Gasteiger partial charge in [0.1, 0.15) is 6.61 Å². The van der Waals surface area contributed by atoms with Crippen LogP contribution in [0.3, 0.4) is 0 Å². The molecule has 2 N–H and O–H groups in total. The molecule has 6 nitrogen and oxygen atoms in total. The predicted molar refractivity (Wildman–Crippen MR) is 80.7 cm³/mol. The van der Waals surface area contributed by atoms with Gasteiger partial charge in [0.15, 0.2) is 5.60 Å². The first-order chi connectivity index (χ1) is 10.8. The molecule has 0 aromatic rings. The highest BCUT2D eigenvalue weighted by Crippen LogP contribution is 2.59. The number of esters is 1. The first kappa shape index (κ1) is 16.5. The Kier molecular flexibility index (Phi) is 4.01. The standard InChI is InChI=1S/C17H24O6/c1-10(8-22-11(2)18)12-3-5-16-7-14(23-9-16)17(21,15(19)20)6-4-13(12)16/h13-14,21H,3-9H2,1-2H3,(H,19,20). The molecule has 4 unspecified atom stereocenters. The maximum atomic E-state index is 11.5. The second-order valence-corrected chi connectivity index (χ2v) is 7.27. The molecular formula is C17H24O6. The van der Waals surface area contributed by atoms with Crippen LogP contribution in [0, 0.1) is 11.3 Å². The van der Waals surface area contributed by atoms with E-state index in [-0.39, 0.29) is 30.3 Å². The molecule has 3 aliphatic rings. The van der Waals surface area contributed by atoms with Crippen molar-refractivity contribution in [2.24, 2.45) is 11.3 Å². The van der Waals surface area contributed by atoms with Crippen LogP contribution in [0.15, 0.2) is 11.1 Å². The van der Waals surface area contributed by atoms with Gasteiger partial charge in [0, 0.05) is 12.3 Å². The lowest BCUT2D eigenvalue weighted by molar-refractivity contribution is -0.174. The molecule has 2 bridgehead atoms. The minimum absolute atomic E-state index is 0.0720. The summed E-state index contributed by atoms with van der Waals surface area (Å²) in [6, 6.07) is 0. The molecule has 0 amide bonds. The molecule has 1 aliphatic heterocycles. The maximum absolute atomic E-state index is 11.5. The molecule has 6 heteroatoms. The van der Waals surface area contributed by atoms with E-state index < -0.39 is 17.7 Å². The second kappa shape index (κ2) is 5.60. The Morgan fingerprint density at radius 2 is 2.09 bits per heavy atom.